The van der Waals surface area contributed by atoms with Crippen LogP contribution in [0.3, 0.4) is 0 Å². The number of carbonyl (C=O) groups is 1. The monoisotopic (exact) mass is 347 g/mol. The highest BCUT2D eigenvalue weighted by Gasteiger charge is 2.27. The summed E-state index contributed by atoms with van der Waals surface area (Å²) in [4.78, 5) is 14.5. The first-order valence-electron chi connectivity index (χ1n) is 8.78. The number of para-hydroxylation sites is 1. The number of aryl methyl sites for hydroxylation is 1. The maximum absolute atomic E-state index is 12.6. The van der Waals surface area contributed by atoms with E-state index in [1.807, 2.05) is 65.2 Å². The first-order chi connectivity index (χ1) is 12.7. The Kier molecular flexibility index (Phi) is 4.44. The number of hydrogen-bond donors (Lipinski definition) is 0. The molecule has 0 atom stereocenters. The minimum atomic E-state index is 0.00219. The van der Waals surface area contributed by atoms with Crippen LogP contribution in [0.15, 0.2) is 60.7 Å². The maximum Gasteiger partial charge on any atom is 0.260 e. The van der Waals surface area contributed by atoms with E-state index in [0.717, 1.165) is 28.9 Å². The van der Waals surface area contributed by atoms with Crippen LogP contribution in [0.5, 0.6) is 5.75 Å². The number of hydrogen-bond acceptors (Lipinski definition) is 3. The van der Waals surface area contributed by atoms with Gasteiger partial charge in [0.05, 0.1) is 11.4 Å². The van der Waals surface area contributed by atoms with Crippen LogP contribution in [0.25, 0.3) is 11.3 Å². The molecule has 1 amide bonds. The SMILES string of the molecule is Cn1nc2c(c1-c1ccccc1)CN(C(=O)COc1ccccc1)CC2. The molecule has 0 bridgehead atoms. The quantitative estimate of drug-likeness (QED) is 0.729. The van der Waals surface area contributed by atoms with Gasteiger partial charge in [0.1, 0.15) is 5.75 Å². The predicted octanol–water partition coefficient (Wildman–Crippen LogP) is 3.05. The largest absolute Gasteiger partial charge is 0.484 e. The van der Waals surface area contributed by atoms with Crippen LogP contribution in [0, 0.1) is 0 Å². The van der Waals surface area contributed by atoms with E-state index in [1.54, 1.807) is 0 Å². The van der Waals surface area contributed by atoms with Crippen molar-refractivity contribution in [2.45, 2.75) is 13.0 Å². The van der Waals surface area contributed by atoms with Crippen LogP contribution in [-0.4, -0.2) is 33.7 Å². The molecule has 5 nitrogen and oxygen atoms in total. The second-order valence-electron chi connectivity index (χ2n) is 6.43. The molecular weight excluding hydrogens is 326 g/mol. The summed E-state index contributed by atoms with van der Waals surface area (Å²) in [7, 11) is 1.96. The van der Waals surface area contributed by atoms with Crippen LogP contribution in [-0.2, 0) is 24.8 Å². The molecule has 1 aliphatic heterocycles. The molecule has 132 valence electrons. The standard InChI is InChI=1S/C21H21N3O2/c1-23-21(16-8-4-2-5-9-16)18-14-24(13-12-19(18)22-23)20(25)15-26-17-10-6-3-7-11-17/h2-11H,12-15H2,1H3. The lowest BCUT2D eigenvalue weighted by Gasteiger charge is -2.27. The van der Waals surface area contributed by atoms with Crippen LogP contribution in [0.1, 0.15) is 11.3 Å². The Morgan fingerprint density at radius 1 is 1.08 bits per heavy atom. The zero-order chi connectivity index (χ0) is 17.9. The Hall–Kier alpha value is -3.08. The third kappa shape index (κ3) is 3.20. The average Bonchev–Trinajstić information content (AvgIpc) is 3.02. The molecule has 0 fully saturated rings. The van der Waals surface area contributed by atoms with E-state index in [2.05, 4.69) is 17.2 Å². The molecule has 26 heavy (non-hydrogen) atoms. The molecule has 0 radical (unpaired) electrons. The summed E-state index contributed by atoms with van der Waals surface area (Å²) in [5, 5.41) is 4.66. The molecule has 0 saturated heterocycles. The predicted molar refractivity (Wildman–Crippen MR) is 99.7 cm³/mol. The number of fused-ring (bicyclic) bond motifs is 1. The van der Waals surface area contributed by atoms with Gasteiger partial charge in [-0.05, 0) is 12.1 Å². The maximum atomic E-state index is 12.6. The van der Waals surface area contributed by atoms with Crippen molar-refractivity contribution in [3.8, 4) is 17.0 Å². The van der Waals surface area contributed by atoms with Gasteiger partial charge in [0.25, 0.3) is 5.91 Å². The van der Waals surface area contributed by atoms with E-state index in [4.69, 9.17) is 4.74 Å². The van der Waals surface area contributed by atoms with Gasteiger partial charge in [0, 0.05) is 37.7 Å². The van der Waals surface area contributed by atoms with E-state index in [-0.39, 0.29) is 12.5 Å². The van der Waals surface area contributed by atoms with E-state index in [9.17, 15) is 4.79 Å². The van der Waals surface area contributed by atoms with E-state index in [1.165, 1.54) is 0 Å². The Morgan fingerprint density at radius 3 is 2.50 bits per heavy atom. The molecular formula is C21H21N3O2. The van der Waals surface area contributed by atoms with Crippen molar-refractivity contribution in [2.24, 2.45) is 7.05 Å². The average molecular weight is 347 g/mol. The van der Waals surface area contributed by atoms with Crippen molar-refractivity contribution in [1.29, 1.82) is 0 Å². The molecule has 5 heteroatoms. The summed E-state index contributed by atoms with van der Waals surface area (Å²) in [5.74, 6) is 0.715. The summed E-state index contributed by atoms with van der Waals surface area (Å²) in [5.41, 5.74) is 4.43. The summed E-state index contributed by atoms with van der Waals surface area (Å²) < 4.78 is 7.54. The highest BCUT2D eigenvalue weighted by molar-refractivity contribution is 5.78. The summed E-state index contributed by atoms with van der Waals surface area (Å²) >= 11 is 0. The van der Waals surface area contributed by atoms with Gasteiger partial charge in [-0.15, -0.1) is 0 Å². The summed E-state index contributed by atoms with van der Waals surface area (Å²) in [6.07, 6.45) is 0.771. The molecule has 1 aromatic heterocycles. The Balaban J connectivity index is 1.51. The smallest absolute Gasteiger partial charge is 0.260 e. The molecule has 0 N–H and O–H groups in total. The first-order valence-corrected chi connectivity index (χ1v) is 8.78. The van der Waals surface area contributed by atoms with Crippen LogP contribution in [0.2, 0.25) is 0 Å². The van der Waals surface area contributed by atoms with Gasteiger partial charge < -0.3 is 9.64 Å². The molecule has 0 unspecified atom stereocenters. The van der Waals surface area contributed by atoms with Crippen molar-refractivity contribution in [3.63, 3.8) is 0 Å². The van der Waals surface area contributed by atoms with Crippen molar-refractivity contribution in [3.05, 3.63) is 71.9 Å². The number of carbonyl (C=O) groups excluding carboxylic acids is 1. The number of amides is 1. The minimum Gasteiger partial charge on any atom is -0.484 e. The number of ether oxygens (including phenoxy) is 1. The van der Waals surface area contributed by atoms with E-state index in [0.29, 0.717) is 18.8 Å². The van der Waals surface area contributed by atoms with Gasteiger partial charge >= 0.3 is 0 Å². The fourth-order valence-corrected chi connectivity index (χ4v) is 3.42. The zero-order valence-corrected chi connectivity index (χ0v) is 14.8. The first kappa shape index (κ1) is 16.4. The Morgan fingerprint density at radius 2 is 1.77 bits per heavy atom. The fraction of sp³-hybridized carbons (Fsp3) is 0.238. The molecule has 4 rings (SSSR count). The van der Waals surface area contributed by atoms with Crippen molar-refractivity contribution in [2.75, 3.05) is 13.2 Å². The van der Waals surface area contributed by atoms with Gasteiger partial charge in [-0.3, -0.25) is 9.48 Å². The van der Waals surface area contributed by atoms with Crippen molar-refractivity contribution < 1.29 is 9.53 Å². The molecule has 0 saturated carbocycles. The molecule has 0 aliphatic carbocycles. The van der Waals surface area contributed by atoms with Gasteiger partial charge in [0.15, 0.2) is 6.61 Å². The van der Waals surface area contributed by atoms with Crippen LogP contribution >= 0.6 is 0 Å². The lowest BCUT2D eigenvalue weighted by atomic mass is 10.0. The highest BCUT2D eigenvalue weighted by Crippen LogP contribution is 2.30. The molecule has 3 aromatic rings. The number of nitrogens with zero attached hydrogens (tertiary/aromatic N) is 3. The molecule has 2 aromatic carbocycles. The second kappa shape index (κ2) is 7.04. The normalized spacial score (nSPS) is 13.3. The third-order valence-corrected chi connectivity index (χ3v) is 4.70. The van der Waals surface area contributed by atoms with Crippen LogP contribution < -0.4 is 4.74 Å². The summed E-state index contributed by atoms with van der Waals surface area (Å²) in [6, 6.07) is 19.6. The second-order valence-corrected chi connectivity index (χ2v) is 6.43. The van der Waals surface area contributed by atoms with Gasteiger partial charge in [-0.2, -0.15) is 5.10 Å². The van der Waals surface area contributed by atoms with Gasteiger partial charge in [-0.25, -0.2) is 0 Å². The molecule has 2 heterocycles. The topological polar surface area (TPSA) is 47.4 Å². The van der Waals surface area contributed by atoms with Crippen molar-refractivity contribution >= 4 is 5.91 Å². The lowest BCUT2D eigenvalue weighted by Crippen LogP contribution is -2.38. The Bertz CT molecular complexity index is 904. The van der Waals surface area contributed by atoms with Crippen LogP contribution in [0.4, 0.5) is 0 Å². The molecule has 1 aliphatic rings. The zero-order valence-electron chi connectivity index (χ0n) is 14.8. The number of benzene rings is 2. The lowest BCUT2D eigenvalue weighted by molar-refractivity contribution is -0.134. The number of rotatable bonds is 4. The van der Waals surface area contributed by atoms with Gasteiger partial charge in [0.2, 0.25) is 0 Å². The number of aromatic nitrogens is 2. The van der Waals surface area contributed by atoms with Crippen molar-refractivity contribution in [1.82, 2.24) is 14.7 Å². The molecule has 0 spiro atoms. The third-order valence-electron chi connectivity index (χ3n) is 4.70. The highest BCUT2D eigenvalue weighted by atomic mass is 16.5. The summed E-state index contributed by atoms with van der Waals surface area (Å²) in [6.45, 7) is 1.31. The minimum absolute atomic E-state index is 0.00219. The fourth-order valence-electron chi connectivity index (χ4n) is 3.42. The van der Waals surface area contributed by atoms with E-state index >= 15 is 0 Å². The Labute approximate surface area is 152 Å². The van der Waals surface area contributed by atoms with Gasteiger partial charge in [-0.1, -0.05) is 48.5 Å². The van der Waals surface area contributed by atoms with E-state index < -0.39 is 0 Å².